The van der Waals surface area contributed by atoms with E-state index in [0.717, 1.165) is 6.42 Å². The van der Waals surface area contributed by atoms with Gasteiger partial charge in [-0.3, -0.25) is 4.79 Å². The predicted octanol–water partition coefficient (Wildman–Crippen LogP) is 1.05. The molecule has 0 aliphatic carbocycles. The van der Waals surface area contributed by atoms with Gasteiger partial charge in [-0.1, -0.05) is 26.2 Å². The molecule has 0 fully saturated rings. The molecule has 2 unspecified atom stereocenters. The highest BCUT2D eigenvalue weighted by Crippen LogP contribution is 2.03. The Hall–Kier alpha value is -0.610. The van der Waals surface area contributed by atoms with E-state index >= 15 is 0 Å². The molecule has 1 amide bonds. The van der Waals surface area contributed by atoms with E-state index in [1.807, 2.05) is 0 Å². The first kappa shape index (κ1) is 14.4. The van der Waals surface area contributed by atoms with Crippen LogP contribution in [-0.4, -0.2) is 31.7 Å². The Morgan fingerprint density at radius 2 is 2.13 bits per heavy atom. The van der Waals surface area contributed by atoms with Gasteiger partial charge in [-0.15, -0.1) is 0 Å². The van der Waals surface area contributed by atoms with Crippen LogP contribution in [0.1, 0.15) is 39.5 Å². The number of methoxy groups -OCH3 is 1. The molecule has 0 radical (unpaired) electrons. The quantitative estimate of drug-likeness (QED) is 0.566. The molecule has 0 bridgehead atoms. The normalized spacial score (nSPS) is 14.9. The fourth-order valence-electron chi connectivity index (χ4n) is 1.51. The molecule has 2 atom stereocenters. The molecular formula is C11H24N2O2. The number of nitrogens with one attached hydrogen (secondary N) is 1. The molecule has 0 aromatic rings. The van der Waals surface area contributed by atoms with Gasteiger partial charge in [0, 0.05) is 13.2 Å². The zero-order valence-electron chi connectivity index (χ0n) is 10.1. The van der Waals surface area contributed by atoms with Crippen molar-refractivity contribution in [3.8, 4) is 0 Å². The summed E-state index contributed by atoms with van der Waals surface area (Å²) in [5.74, 6) is -0.348. The van der Waals surface area contributed by atoms with Gasteiger partial charge in [0.15, 0.2) is 0 Å². The third kappa shape index (κ3) is 7.33. The Morgan fingerprint density at radius 3 is 2.60 bits per heavy atom. The summed E-state index contributed by atoms with van der Waals surface area (Å²) in [5.41, 5.74) is 5.24. The second-order valence-corrected chi connectivity index (χ2v) is 3.97. The molecule has 0 saturated heterocycles. The lowest BCUT2D eigenvalue weighted by atomic mass is 10.1. The standard InChI is InChI=1S/C11H24N2O2/c1-4-5-6-7-9(2)13-10(8-15-3)11(12)14/h9-10,13H,4-8H2,1-3H3,(H2,12,14). The number of nitrogens with two attached hydrogens (primary N) is 1. The molecule has 90 valence electrons. The maximum Gasteiger partial charge on any atom is 0.236 e. The van der Waals surface area contributed by atoms with Crippen LogP contribution in [0, 0.1) is 0 Å². The van der Waals surface area contributed by atoms with Crippen LogP contribution in [0.25, 0.3) is 0 Å². The average Bonchev–Trinajstić information content (AvgIpc) is 2.17. The molecule has 3 N–H and O–H groups in total. The number of hydrogen-bond donors (Lipinski definition) is 2. The van der Waals surface area contributed by atoms with E-state index < -0.39 is 0 Å². The molecule has 0 aromatic carbocycles. The van der Waals surface area contributed by atoms with Gasteiger partial charge in [-0.05, 0) is 13.3 Å². The van der Waals surface area contributed by atoms with Crippen LogP contribution in [0.5, 0.6) is 0 Å². The first-order valence-corrected chi connectivity index (χ1v) is 5.66. The highest BCUT2D eigenvalue weighted by Gasteiger charge is 2.16. The molecule has 4 heteroatoms. The van der Waals surface area contributed by atoms with Gasteiger partial charge in [0.2, 0.25) is 5.91 Å². The highest BCUT2D eigenvalue weighted by molar-refractivity contribution is 5.80. The van der Waals surface area contributed by atoms with Crippen LogP contribution in [0.15, 0.2) is 0 Å². The van der Waals surface area contributed by atoms with Gasteiger partial charge in [0.25, 0.3) is 0 Å². The summed E-state index contributed by atoms with van der Waals surface area (Å²) in [6.07, 6.45) is 4.70. The first-order chi connectivity index (χ1) is 7.11. The number of amides is 1. The number of primary amides is 1. The van der Waals surface area contributed by atoms with Crippen molar-refractivity contribution in [2.45, 2.75) is 51.6 Å². The topological polar surface area (TPSA) is 64.3 Å². The molecule has 4 nitrogen and oxygen atoms in total. The Kier molecular flexibility index (Phi) is 8.33. The van der Waals surface area contributed by atoms with E-state index in [1.165, 1.54) is 19.3 Å². The number of carbonyl (C=O) groups is 1. The number of rotatable bonds is 9. The molecule has 0 aliphatic heterocycles. The summed E-state index contributed by atoms with van der Waals surface area (Å²) in [5, 5.41) is 3.18. The van der Waals surface area contributed by atoms with Crippen LogP contribution < -0.4 is 11.1 Å². The highest BCUT2D eigenvalue weighted by atomic mass is 16.5. The second-order valence-electron chi connectivity index (χ2n) is 3.97. The van der Waals surface area contributed by atoms with Crippen molar-refractivity contribution in [2.75, 3.05) is 13.7 Å². The summed E-state index contributed by atoms with van der Waals surface area (Å²) in [6, 6.07) is -0.0594. The first-order valence-electron chi connectivity index (χ1n) is 5.66. The fraction of sp³-hybridized carbons (Fsp3) is 0.909. The minimum atomic E-state index is -0.369. The summed E-state index contributed by atoms with van der Waals surface area (Å²) in [4.78, 5) is 11.0. The average molecular weight is 216 g/mol. The SMILES string of the molecule is CCCCCC(C)NC(COC)C(N)=O. The molecule has 0 aliphatic rings. The van der Waals surface area contributed by atoms with E-state index in [2.05, 4.69) is 19.2 Å². The van der Waals surface area contributed by atoms with Crippen LogP contribution in [0.4, 0.5) is 0 Å². The largest absolute Gasteiger partial charge is 0.383 e. The van der Waals surface area contributed by atoms with Crippen molar-refractivity contribution >= 4 is 5.91 Å². The van der Waals surface area contributed by atoms with E-state index in [9.17, 15) is 4.79 Å². The van der Waals surface area contributed by atoms with Crippen molar-refractivity contribution in [3.05, 3.63) is 0 Å². The lowest BCUT2D eigenvalue weighted by molar-refractivity contribution is -0.121. The van der Waals surface area contributed by atoms with Gasteiger partial charge >= 0.3 is 0 Å². The number of unbranched alkanes of at least 4 members (excludes halogenated alkanes) is 2. The monoisotopic (exact) mass is 216 g/mol. The number of carbonyl (C=O) groups excluding carboxylic acids is 1. The van der Waals surface area contributed by atoms with Crippen LogP contribution in [-0.2, 0) is 9.53 Å². The van der Waals surface area contributed by atoms with E-state index in [-0.39, 0.29) is 11.9 Å². The molecule has 15 heavy (non-hydrogen) atoms. The Balaban J connectivity index is 3.78. The van der Waals surface area contributed by atoms with Crippen molar-refractivity contribution in [1.29, 1.82) is 0 Å². The summed E-state index contributed by atoms with van der Waals surface area (Å²) < 4.78 is 4.93. The zero-order chi connectivity index (χ0) is 11.7. The Bertz CT molecular complexity index is 174. The zero-order valence-corrected chi connectivity index (χ0v) is 10.1. The van der Waals surface area contributed by atoms with Crippen molar-refractivity contribution in [2.24, 2.45) is 5.73 Å². The van der Waals surface area contributed by atoms with Gasteiger partial charge in [0.05, 0.1) is 6.61 Å². The van der Waals surface area contributed by atoms with Gasteiger partial charge in [0.1, 0.15) is 6.04 Å². The number of ether oxygens (including phenoxy) is 1. The summed E-state index contributed by atoms with van der Waals surface area (Å²) in [6.45, 7) is 4.59. The van der Waals surface area contributed by atoms with Crippen LogP contribution in [0.3, 0.4) is 0 Å². The molecule has 0 spiro atoms. The summed E-state index contributed by atoms with van der Waals surface area (Å²) in [7, 11) is 1.57. The van der Waals surface area contributed by atoms with Crippen LogP contribution in [0.2, 0.25) is 0 Å². The lowest BCUT2D eigenvalue weighted by Gasteiger charge is -2.20. The third-order valence-electron chi connectivity index (χ3n) is 2.40. The molecule has 0 heterocycles. The van der Waals surface area contributed by atoms with Crippen molar-refractivity contribution < 1.29 is 9.53 Å². The fourth-order valence-corrected chi connectivity index (χ4v) is 1.51. The minimum absolute atomic E-state index is 0.309. The Morgan fingerprint density at radius 1 is 1.47 bits per heavy atom. The van der Waals surface area contributed by atoms with E-state index in [0.29, 0.717) is 12.6 Å². The Labute approximate surface area is 92.6 Å². The van der Waals surface area contributed by atoms with Crippen molar-refractivity contribution in [3.63, 3.8) is 0 Å². The van der Waals surface area contributed by atoms with Crippen LogP contribution >= 0.6 is 0 Å². The van der Waals surface area contributed by atoms with Gasteiger partial charge in [-0.25, -0.2) is 0 Å². The maximum atomic E-state index is 11.0. The van der Waals surface area contributed by atoms with E-state index in [4.69, 9.17) is 10.5 Å². The minimum Gasteiger partial charge on any atom is -0.383 e. The number of hydrogen-bond acceptors (Lipinski definition) is 3. The smallest absolute Gasteiger partial charge is 0.236 e. The lowest BCUT2D eigenvalue weighted by Crippen LogP contribution is -2.48. The summed E-state index contributed by atoms with van der Waals surface area (Å²) >= 11 is 0. The maximum absolute atomic E-state index is 11.0. The molecular weight excluding hydrogens is 192 g/mol. The molecule has 0 rings (SSSR count). The molecule has 0 aromatic heterocycles. The van der Waals surface area contributed by atoms with E-state index in [1.54, 1.807) is 7.11 Å². The predicted molar refractivity (Wildman–Crippen MR) is 61.6 cm³/mol. The van der Waals surface area contributed by atoms with Gasteiger partial charge in [-0.2, -0.15) is 0 Å². The molecule has 0 saturated carbocycles. The van der Waals surface area contributed by atoms with Crippen molar-refractivity contribution in [1.82, 2.24) is 5.32 Å². The third-order valence-corrected chi connectivity index (χ3v) is 2.40. The second kappa shape index (κ2) is 8.68. The van der Waals surface area contributed by atoms with Gasteiger partial charge < -0.3 is 15.8 Å².